The molecule has 20 heavy (non-hydrogen) atoms. The third kappa shape index (κ3) is 3.56. The van der Waals surface area contributed by atoms with Crippen molar-refractivity contribution in [2.24, 2.45) is 0 Å². The van der Waals surface area contributed by atoms with Gasteiger partial charge >= 0.3 is 0 Å². The quantitative estimate of drug-likeness (QED) is 0.768. The monoisotopic (exact) mass is 277 g/mol. The number of nitrogens with one attached hydrogen (secondary N) is 1. The summed E-state index contributed by atoms with van der Waals surface area (Å²) in [6, 6.07) is 8.17. The molecule has 1 aromatic carbocycles. The van der Waals surface area contributed by atoms with Crippen molar-refractivity contribution in [3.63, 3.8) is 0 Å². The van der Waals surface area contributed by atoms with Crippen molar-refractivity contribution in [1.29, 1.82) is 0 Å². The molecule has 0 spiro atoms. The maximum Gasteiger partial charge on any atom is 0.123 e. The van der Waals surface area contributed by atoms with E-state index in [2.05, 4.69) is 27.9 Å². The highest BCUT2D eigenvalue weighted by Gasteiger charge is 2.10. The molecule has 0 aliphatic carbocycles. The van der Waals surface area contributed by atoms with Crippen LogP contribution in [0.15, 0.2) is 24.3 Å². The molecule has 0 saturated heterocycles. The fourth-order valence-electron chi connectivity index (χ4n) is 2.34. The smallest absolute Gasteiger partial charge is 0.123 e. The van der Waals surface area contributed by atoms with Gasteiger partial charge in [0.05, 0.1) is 30.3 Å². The van der Waals surface area contributed by atoms with Crippen molar-refractivity contribution in [3.8, 4) is 0 Å². The SMILES string of the molecule is CCCn1c(CNCC(O)COC)nc2ccccc21. The number of aryl methyl sites for hydroxylation is 1. The van der Waals surface area contributed by atoms with Gasteiger partial charge < -0.3 is 19.7 Å². The van der Waals surface area contributed by atoms with Gasteiger partial charge in [-0.3, -0.25) is 0 Å². The predicted octanol–water partition coefficient (Wildman–Crippen LogP) is 1.54. The van der Waals surface area contributed by atoms with Gasteiger partial charge in [0.25, 0.3) is 0 Å². The van der Waals surface area contributed by atoms with Gasteiger partial charge in [0.1, 0.15) is 5.82 Å². The minimum atomic E-state index is -0.482. The molecule has 5 nitrogen and oxygen atoms in total. The zero-order valence-electron chi connectivity index (χ0n) is 12.2. The van der Waals surface area contributed by atoms with E-state index < -0.39 is 6.10 Å². The highest BCUT2D eigenvalue weighted by atomic mass is 16.5. The second kappa shape index (κ2) is 7.38. The summed E-state index contributed by atoms with van der Waals surface area (Å²) in [4.78, 5) is 4.66. The molecule has 0 saturated carbocycles. The van der Waals surface area contributed by atoms with Crippen molar-refractivity contribution in [3.05, 3.63) is 30.1 Å². The lowest BCUT2D eigenvalue weighted by molar-refractivity contribution is 0.0642. The molecule has 1 unspecified atom stereocenters. The number of aliphatic hydroxyl groups excluding tert-OH is 1. The van der Waals surface area contributed by atoms with E-state index in [0.717, 1.165) is 24.3 Å². The van der Waals surface area contributed by atoms with Crippen LogP contribution in [0.4, 0.5) is 0 Å². The summed E-state index contributed by atoms with van der Waals surface area (Å²) in [6.45, 7) is 4.61. The molecular weight excluding hydrogens is 254 g/mol. The van der Waals surface area contributed by atoms with Crippen LogP contribution < -0.4 is 5.32 Å². The Balaban J connectivity index is 2.06. The Kier molecular flexibility index (Phi) is 5.52. The van der Waals surface area contributed by atoms with E-state index in [1.807, 2.05) is 18.2 Å². The van der Waals surface area contributed by atoms with Gasteiger partial charge in [-0.2, -0.15) is 0 Å². The van der Waals surface area contributed by atoms with Crippen molar-refractivity contribution >= 4 is 11.0 Å². The number of benzene rings is 1. The first-order valence-electron chi connectivity index (χ1n) is 7.08. The summed E-state index contributed by atoms with van der Waals surface area (Å²) >= 11 is 0. The molecule has 1 aromatic heterocycles. The Morgan fingerprint density at radius 3 is 2.95 bits per heavy atom. The summed E-state index contributed by atoms with van der Waals surface area (Å²) in [5.41, 5.74) is 2.19. The summed E-state index contributed by atoms with van der Waals surface area (Å²) < 4.78 is 7.15. The lowest BCUT2D eigenvalue weighted by atomic mass is 10.3. The molecule has 0 fully saturated rings. The molecule has 1 heterocycles. The maximum atomic E-state index is 9.62. The van der Waals surface area contributed by atoms with Crippen LogP contribution in [0.5, 0.6) is 0 Å². The minimum absolute atomic E-state index is 0.346. The standard InChI is InChI=1S/C15H23N3O2/c1-3-8-18-14-7-5-4-6-13(14)17-15(18)10-16-9-12(19)11-20-2/h4-7,12,16,19H,3,8-11H2,1-2H3. The van der Waals surface area contributed by atoms with Crippen LogP contribution in [0.2, 0.25) is 0 Å². The van der Waals surface area contributed by atoms with E-state index in [0.29, 0.717) is 19.7 Å². The van der Waals surface area contributed by atoms with Crippen molar-refractivity contribution in [2.75, 3.05) is 20.3 Å². The Labute approximate surface area is 119 Å². The largest absolute Gasteiger partial charge is 0.389 e. The van der Waals surface area contributed by atoms with Crippen LogP contribution in [0.25, 0.3) is 11.0 Å². The van der Waals surface area contributed by atoms with Gasteiger partial charge in [-0.25, -0.2) is 4.98 Å². The van der Waals surface area contributed by atoms with E-state index in [-0.39, 0.29) is 0 Å². The van der Waals surface area contributed by atoms with Crippen LogP contribution in [-0.2, 0) is 17.8 Å². The highest BCUT2D eigenvalue weighted by Crippen LogP contribution is 2.16. The first-order valence-corrected chi connectivity index (χ1v) is 7.08. The highest BCUT2D eigenvalue weighted by molar-refractivity contribution is 5.75. The van der Waals surface area contributed by atoms with Crippen molar-refractivity contribution in [2.45, 2.75) is 32.5 Å². The molecule has 5 heteroatoms. The van der Waals surface area contributed by atoms with E-state index in [1.165, 1.54) is 5.52 Å². The molecule has 110 valence electrons. The molecule has 0 aliphatic heterocycles. The molecule has 2 aromatic rings. The van der Waals surface area contributed by atoms with Crippen LogP contribution in [0.1, 0.15) is 19.2 Å². The Hall–Kier alpha value is -1.43. The topological polar surface area (TPSA) is 59.3 Å². The molecule has 2 rings (SSSR count). The average Bonchev–Trinajstić information content (AvgIpc) is 2.78. The summed E-state index contributed by atoms with van der Waals surface area (Å²) in [5, 5.41) is 12.9. The van der Waals surface area contributed by atoms with Crippen LogP contribution >= 0.6 is 0 Å². The molecule has 0 radical (unpaired) electrons. The molecule has 0 bridgehead atoms. The second-order valence-electron chi connectivity index (χ2n) is 4.91. The molecular formula is C15H23N3O2. The summed E-state index contributed by atoms with van der Waals surface area (Å²) in [7, 11) is 1.59. The average molecular weight is 277 g/mol. The van der Waals surface area contributed by atoms with Crippen molar-refractivity contribution < 1.29 is 9.84 Å². The predicted molar refractivity (Wildman–Crippen MR) is 79.6 cm³/mol. The lowest BCUT2D eigenvalue weighted by Gasteiger charge is -2.12. The van der Waals surface area contributed by atoms with Crippen molar-refractivity contribution in [1.82, 2.24) is 14.9 Å². The summed E-state index contributed by atoms with van der Waals surface area (Å²) in [5.74, 6) is 1.01. The molecule has 2 N–H and O–H groups in total. The van der Waals surface area contributed by atoms with Gasteiger partial charge in [-0.1, -0.05) is 19.1 Å². The van der Waals surface area contributed by atoms with Gasteiger partial charge in [-0.15, -0.1) is 0 Å². The van der Waals surface area contributed by atoms with Crippen LogP contribution in [0, 0.1) is 0 Å². The number of rotatable bonds is 8. The number of ether oxygens (including phenoxy) is 1. The molecule has 0 aliphatic rings. The van der Waals surface area contributed by atoms with E-state index in [1.54, 1.807) is 7.11 Å². The molecule has 1 atom stereocenters. The van der Waals surface area contributed by atoms with E-state index >= 15 is 0 Å². The number of para-hydroxylation sites is 2. The Morgan fingerprint density at radius 2 is 2.20 bits per heavy atom. The number of imidazole rings is 1. The van der Waals surface area contributed by atoms with Crippen LogP contribution in [-0.4, -0.2) is 41.0 Å². The number of nitrogens with zero attached hydrogens (tertiary/aromatic N) is 2. The third-order valence-corrected chi connectivity index (χ3v) is 3.20. The summed E-state index contributed by atoms with van der Waals surface area (Å²) in [6.07, 6.45) is 0.587. The number of hydrogen-bond acceptors (Lipinski definition) is 4. The third-order valence-electron chi connectivity index (χ3n) is 3.20. The van der Waals surface area contributed by atoms with Gasteiger partial charge in [0.2, 0.25) is 0 Å². The number of aliphatic hydroxyl groups is 1. The van der Waals surface area contributed by atoms with Gasteiger partial charge in [0.15, 0.2) is 0 Å². The van der Waals surface area contributed by atoms with E-state index in [4.69, 9.17) is 4.74 Å². The van der Waals surface area contributed by atoms with Gasteiger partial charge in [0, 0.05) is 20.2 Å². The second-order valence-corrected chi connectivity index (χ2v) is 4.91. The zero-order chi connectivity index (χ0) is 14.4. The van der Waals surface area contributed by atoms with Crippen LogP contribution in [0.3, 0.4) is 0 Å². The number of methoxy groups -OCH3 is 1. The fraction of sp³-hybridized carbons (Fsp3) is 0.533. The maximum absolute atomic E-state index is 9.62. The Bertz CT molecular complexity index is 539. The zero-order valence-corrected chi connectivity index (χ0v) is 12.2. The minimum Gasteiger partial charge on any atom is -0.389 e. The first-order chi connectivity index (χ1) is 9.76. The number of aromatic nitrogens is 2. The normalized spacial score (nSPS) is 12.9. The van der Waals surface area contributed by atoms with E-state index in [9.17, 15) is 5.11 Å². The lowest BCUT2D eigenvalue weighted by Crippen LogP contribution is -2.30. The fourth-order valence-corrected chi connectivity index (χ4v) is 2.34. The number of fused-ring (bicyclic) bond motifs is 1. The molecule has 0 amide bonds. The van der Waals surface area contributed by atoms with Gasteiger partial charge in [-0.05, 0) is 18.6 Å². The Morgan fingerprint density at radius 1 is 1.40 bits per heavy atom. The number of hydrogen-bond donors (Lipinski definition) is 2. The first kappa shape index (κ1) is 15.0.